The summed E-state index contributed by atoms with van der Waals surface area (Å²) in [5.74, 6) is -2.24. The van der Waals surface area contributed by atoms with Crippen molar-refractivity contribution in [3.05, 3.63) is 99.7 Å². The third-order valence-corrected chi connectivity index (χ3v) is 5.92. The molecule has 0 fully saturated rings. The molecule has 0 radical (unpaired) electrons. The Labute approximate surface area is 227 Å². The van der Waals surface area contributed by atoms with Crippen LogP contribution in [0.3, 0.4) is 0 Å². The first-order valence-electron chi connectivity index (χ1n) is 12.3. The predicted octanol–water partition coefficient (Wildman–Crippen LogP) is 4.39. The van der Waals surface area contributed by atoms with E-state index in [4.69, 9.17) is 4.74 Å². The number of benzene rings is 2. The number of carbonyl (C=O) groups is 2. The summed E-state index contributed by atoms with van der Waals surface area (Å²) in [7, 11) is 0. The molecule has 2 amide bonds. The fraction of sp³-hybridized carbons (Fsp3) is 0.321. The summed E-state index contributed by atoms with van der Waals surface area (Å²) in [6.45, 7) is 2.01. The molecule has 0 saturated heterocycles. The monoisotopic (exact) mass is 563 g/mol. The standard InChI is InChI=1S/C28H29F4N3O5/c1-17(2)24(25(37)28(30,31)32)34-23(36)15-35-14-20(11-19-9-6-10-21(29)12-19)13-22(26(35)38)33-27(39)40-16-18-7-4-3-5-8-18/h3-10,12-14,17,24-25,37H,11,15-16H2,1-2H3,(H,33,39)(H,34,36). The first-order chi connectivity index (χ1) is 18.8. The normalized spacial score (nSPS) is 13.0. The van der Waals surface area contributed by atoms with E-state index in [-0.39, 0.29) is 18.7 Å². The number of ether oxygens (including phenoxy) is 1. The maximum atomic E-state index is 13.7. The van der Waals surface area contributed by atoms with Crippen molar-refractivity contribution in [3.63, 3.8) is 0 Å². The predicted molar refractivity (Wildman–Crippen MR) is 139 cm³/mol. The van der Waals surface area contributed by atoms with Crippen LogP contribution in [0.2, 0.25) is 0 Å². The lowest BCUT2D eigenvalue weighted by molar-refractivity contribution is -0.215. The van der Waals surface area contributed by atoms with Crippen molar-refractivity contribution in [3.8, 4) is 0 Å². The van der Waals surface area contributed by atoms with Crippen LogP contribution in [0.15, 0.2) is 71.7 Å². The second-order valence-corrected chi connectivity index (χ2v) is 9.51. The maximum Gasteiger partial charge on any atom is 0.416 e. The van der Waals surface area contributed by atoms with E-state index in [0.717, 1.165) is 4.57 Å². The van der Waals surface area contributed by atoms with Crippen molar-refractivity contribution in [1.29, 1.82) is 0 Å². The quantitative estimate of drug-likeness (QED) is 0.317. The number of aliphatic hydroxyl groups excluding tert-OH is 1. The van der Waals surface area contributed by atoms with E-state index in [0.29, 0.717) is 16.7 Å². The molecule has 0 aliphatic carbocycles. The molecule has 8 nitrogen and oxygen atoms in total. The summed E-state index contributed by atoms with van der Waals surface area (Å²) in [5.41, 5.74) is 0.544. The van der Waals surface area contributed by atoms with Gasteiger partial charge in [0.2, 0.25) is 5.91 Å². The molecule has 0 aliphatic heterocycles. The van der Waals surface area contributed by atoms with Gasteiger partial charge in [-0.2, -0.15) is 13.2 Å². The number of alkyl halides is 3. The first kappa shape index (κ1) is 30.4. The molecule has 3 N–H and O–H groups in total. The zero-order valence-electron chi connectivity index (χ0n) is 21.7. The van der Waals surface area contributed by atoms with Gasteiger partial charge < -0.3 is 19.7 Å². The van der Waals surface area contributed by atoms with E-state index in [1.54, 1.807) is 36.4 Å². The van der Waals surface area contributed by atoms with Crippen molar-refractivity contribution in [2.24, 2.45) is 5.92 Å². The maximum absolute atomic E-state index is 13.7. The van der Waals surface area contributed by atoms with Crippen LogP contribution in [0.5, 0.6) is 0 Å². The number of nitrogens with one attached hydrogen (secondary N) is 2. The zero-order valence-corrected chi connectivity index (χ0v) is 21.7. The van der Waals surface area contributed by atoms with Gasteiger partial charge in [0.25, 0.3) is 5.56 Å². The average Bonchev–Trinajstić information content (AvgIpc) is 2.88. The Morgan fingerprint density at radius 2 is 1.68 bits per heavy atom. The number of hydrogen-bond acceptors (Lipinski definition) is 5. The molecule has 3 aromatic rings. The second-order valence-electron chi connectivity index (χ2n) is 9.51. The molecule has 0 aliphatic rings. The number of anilines is 1. The minimum absolute atomic E-state index is 0.0790. The van der Waals surface area contributed by atoms with Gasteiger partial charge in [0.1, 0.15) is 24.7 Å². The highest BCUT2D eigenvalue weighted by molar-refractivity contribution is 5.84. The van der Waals surface area contributed by atoms with Crippen LogP contribution in [-0.4, -0.2) is 40.0 Å². The van der Waals surface area contributed by atoms with Gasteiger partial charge in [-0.05, 0) is 47.2 Å². The fourth-order valence-electron chi connectivity index (χ4n) is 3.95. The molecule has 0 bridgehead atoms. The van der Waals surface area contributed by atoms with E-state index < -0.39 is 54.2 Å². The average molecular weight is 564 g/mol. The van der Waals surface area contributed by atoms with Crippen LogP contribution in [0.25, 0.3) is 0 Å². The van der Waals surface area contributed by atoms with E-state index in [2.05, 4.69) is 10.6 Å². The van der Waals surface area contributed by atoms with Gasteiger partial charge in [-0.15, -0.1) is 0 Å². The summed E-state index contributed by atoms with van der Waals surface area (Å²) in [6, 6.07) is 14.1. The lowest BCUT2D eigenvalue weighted by Crippen LogP contribution is -2.53. The van der Waals surface area contributed by atoms with Crippen LogP contribution < -0.4 is 16.2 Å². The SMILES string of the molecule is CC(C)C(NC(=O)Cn1cc(Cc2cccc(F)c2)cc(NC(=O)OCc2ccccc2)c1=O)C(O)C(F)(F)F. The smallest absolute Gasteiger partial charge is 0.416 e. The number of rotatable bonds is 10. The Bertz CT molecular complexity index is 1380. The Kier molecular flexibility index (Phi) is 10.1. The lowest BCUT2D eigenvalue weighted by Gasteiger charge is -2.29. The van der Waals surface area contributed by atoms with Crippen LogP contribution in [0.1, 0.15) is 30.5 Å². The van der Waals surface area contributed by atoms with Gasteiger partial charge >= 0.3 is 12.3 Å². The number of amides is 2. The highest BCUT2D eigenvalue weighted by Gasteiger charge is 2.45. The Morgan fingerprint density at radius 1 is 1.00 bits per heavy atom. The highest BCUT2D eigenvalue weighted by atomic mass is 19.4. The first-order valence-corrected chi connectivity index (χ1v) is 12.3. The summed E-state index contributed by atoms with van der Waals surface area (Å²) in [4.78, 5) is 38.2. The van der Waals surface area contributed by atoms with Gasteiger partial charge in [-0.1, -0.05) is 56.3 Å². The summed E-state index contributed by atoms with van der Waals surface area (Å²) in [6.07, 6.45) is -7.34. The van der Waals surface area contributed by atoms with Crippen molar-refractivity contribution in [2.45, 2.75) is 51.7 Å². The molecule has 0 spiro atoms. The van der Waals surface area contributed by atoms with Gasteiger partial charge in [0, 0.05) is 6.20 Å². The Balaban J connectivity index is 1.85. The largest absolute Gasteiger partial charge is 0.444 e. The van der Waals surface area contributed by atoms with E-state index in [1.165, 1.54) is 44.3 Å². The minimum Gasteiger partial charge on any atom is -0.444 e. The van der Waals surface area contributed by atoms with Crippen LogP contribution in [-0.2, 0) is 29.1 Å². The second kappa shape index (κ2) is 13.2. The zero-order chi connectivity index (χ0) is 29.4. The summed E-state index contributed by atoms with van der Waals surface area (Å²) < 4.78 is 59.1. The molecule has 2 atom stereocenters. The molecule has 0 saturated carbocycles. The number of pyridine rings is 1. The molecule has 2 aromatic carbocycles. The van der Waals surface area contributed by atoms with Crippen molar-refractivity contribution in [2.75, 3.05) is 5.32 Å². The number of aliphatic hydroxyl groups is 1. The molecule has 40 heavy (non-hydrogen) atoms. The molecular formula is C28H29F4N3O5. The lowest BCUT2D eigenvalue weighted by atomic mass is 9.98. The number of carbonyl (C=O) groups excluding carboxylic acids is 2. The number of aromatic nitrogens is 1. The third-order valence-electron chi connectivity index (χ3n) is 5.92. The van der Waals surface area contributed by atoms with Crippen molar-refractivity contribution < 1.29 is 37.0 Å². The molecule has 214 valence electrons. The highest BCUT2D eigenvalue weighted by Crippen LogP contribution is 2.25. The van der Waals surface area contributed by atoms with Gasteiger partial charge in [-0.3, -0.25) is 14.9 Å². The molecule has 1 aromatic heterocycles. The number of hydrogen-bond donors (Lipinski definition) is 3. The molecule has 12 heteroatoms. The fourth-order valence-corrected chi connectivity index (χ4v) is 3.95. The summed E-state index contributed by atoms with van der Waals surface area (Å²) in [5, 5.41) is 14.2. The van der Waals surface area contributed by atoms with E-state index in [1.807, 2.05) is 0 Å². The molecule has 1 heterocycles. The summed E-state index contributed by atoms with van der Waals surface area (Å²) >= 11 is 0. The third kappa shape index (κ3) is 8.67. The minimum atomic E-state index is -4.97. The van der Waals surface area contributed by atoms with Crippen molar-refractivity contribution in [1.82, 2.24) is 9.88 Å². The van der Waals surface area contributed by atoms with Gasteiger partial charge in [0.15, 0.2) is 6.10 Å². The topological polar surface area (TPSA) is 110 Å². The Hall–Kier alpha value is -4.19. The van der Waals surface area contributed by atoms with E-state index >= 15 is 0 Å². The Morgan fingerprint density at radius 3 is 2.30 bits per heavy atom. The number of halogens is 4. The van der Waals surface area contributed by atoms with Gasteiger partial charge in [0.05, 0.1) is 6.04 Å². The number of nitrogens with zero attached hydrogens (tertiary/aromatic N) is 1. The van der Waals surface area contributed by atoms with Crippen LogP contribution in [0, 0.1) is 11.7 Å². The molecule has 2 unspecified atom stereocenters. The van der Waals surface area contributed by atoms with Crippen LogP contribution in [0.4, 0.5) is 28.0 Å². The van der Waals surface area contributed by atoms with Crippen molar-refractivity contribution >= 4 is 17.7 Å². The van der Waals surface area contributed by atoms with E-state index in [9.17, 15) is 37.1 Å². The molecule has 3 rings (SSSR count). The van der Waals surface area contributed by atoms with Crippen LogP contribution >= 0.6 is 0 Å². The van der Waals surface area contributed by atoms with Gasteiger partial charge in [-0.25, -0.2) is 9.18 Å². The molecular weight excluding hydrogens is 534 g/mol.